The lowest BCUT2D eigenvalue weighted by atomic mass is 10.3. The summed E-state index contributed by atoms with van der Waals surface area (Å²) in [7, 11) is 3.15. The minimum atomic E-state index is -0.339. The Kier molecular flexibility index (Phi) is 6.84. The van der Waals surface area contributed by atoms with Crippen molar-refractivity contribution in [1.29, 1.82) is 0 Å². The molecule has 0 heterocycles. The molecule has 2 amide bonds. The first-order valence-corrected chi connectivity index (χ1v) is 5.96. The van der Waals surface area contributed by atoms with E-state index in [0.29, 0.717) is 32.0 Å². The fourth-order valence-corrected chi connectivity index (χ4v) is 1.45. The van der Waals surface area contributed by atoms with Crippen LogP contribution in [0.15, 0.2) is 24.3 Å². The van der Waals surface area contributed by atoms with Gasteiger partial charge in [0.05, 0.1) is 13.2 Å². The van der Waals surface area contributed by atoms with Crippen LogP contribution in [-0.2, 0) is 9.47 Å². The number of hydrogen-bond acceptors (Lipinski definition) is 3. The first-order chi connectivity index (χ1) is 9.17. The fraction of sp³-hybridized carbons (Fsp3) is 0.462. The molecule has 0 atom stereocenters. The zero-order valence-electron chi connectivity index (χ0n) is 11.2. The van der Waals surface area contributed by atoms with Crippen molar-refractivity contribution in [2.24, 2.45) is 0 Å². The van der Waals surface area contributed by atoms with Crippen LogP contribution in [0.4, 0.5) is 14.9 Å². The summed E-state index contributed by atoms with van der Waals surface area (Å²) in [4.78, 5) is 13.6. The minimum Gasteiger partial charge on any atom is -0.383 e. The Balaban J connectivity index is 2.56. The number of carbonyl (C=O) groups excluding carboxylic acids is 1. The maximum Gasteiger partial charge on any atom is 0.321 e. The van der Waals surface area contributed by atoms with Gasteiger partial charge in [-0.3, -0.25) is 0 Å². The molecule has 0 unspecified atom stereocenters. The number of halogens is 1. The summed E-state index contributed by atoms with van der Waals surface area (Å²) in [6, 6.07) is 5.35. The van der Waals surface area contributed by atoms with Crippen LogP contribution in [0.2, 0.25) is 0 Å². The number of amides is 2. The standard InChI is InChI=1S/C13H19FN2O3/c1-18-9-7-16(8-10-19-2)13(17)15-12-5-3-11(14)4-6-12/h3-6H,7-10H2,1-2H3,(H,15,17). The topological polar surface area (TPSA) is 50.8 Å². The zero-order chi connectivity index (χ0) is 14.1. The second kappa shape index (κ2) is 8.44. The molecule has 1 aromatic carbocycles. The zero-order valence-corrected chi connectivity index (χ0v) is 11.2. The van der Waals surface area contributed by atoms with Gasteiger partial charge < -0.3 is 19.7 Å². The van der Waals surface area contributed by atoms with Gasteiger partial charge in [-0.05, 0) is 24.3 Å². The van der Waals surface area contributed by atoms with E-state index in [-0.39, 0.29) is 11.8 Å². The number of rotatable bonds is 7. The normalized spacial score (nSPS) is 10.3. The summed E-state index contributed by atoms with van der Waals surface area (Å²) in [6.45, 7) is 1.82. The number of anilines is 1. The molecule has 0 bridgehead atoms. The van der Waals surface area contributed by atoms with Crippen LogP contribution in [0.1, 0.15) is 0 Å². The van der Waals surface area contributed by atoms with Gasteiger partial charge in [-0.25, -0.2) is 9.18 Å². The van der Waals surface area contributed by atoms with Gasteiger partial charge in [0.1, 0.15) is 5.82 Å². The van der Waals surface area contributed by atoms with Gasteiger partial charge in [-0.1, -0.05) is 0 Å². The Morgan fingerprint density at radius 1 is 1.16 bits per heavy atom. The van der Waals surface area contributed by atoms with Crippen molar-refractivity contribution in [2.45, 2.75) is 0 Å². The minimum absolute atomic E-state index is 0.263. The highest BCUT2D eigenvalue weighted by atomic mass is 19.1. The molecule has 0 radical (unpaired) electrons. The largest absolute Gasteiger partial charge is 0.383 e. The molecule has 0 aromatic heterocycles. The van der Waals surface area contributed by atoms with E-state index >= 15 is 0 Å². The molecular weight excluding hydrogens is 251 g/mol. The summed E-state index contributed by atoms with van der Waals surface area (Å²) in [5, 5.41) is 2.70. The highest BCUT2D eigenvalue weighted by molar-refractivity contribution is 5.89. The van der Waals surface area contributed by atoms with Crippen molar-refractivity contribution in [1.82, 2.24) is 4.90 Å². The molecule has 0 aliphatic carbocycles. The Bertz CT molecular complexity index is 376. The van der Waals surface area contributed by atoms with E-state index in [9.17, 15) is 9.18 Å². The molecule has 0 saturated carbocycles. The van der Waals surface area contributed by atoms with Crippen LogP contribution >= 0.6 is 0 Å². The van der Waals surface area contributed by atoms with Crippen molar-refractivity contribution < 1.29 is 18.7 Å². The number of hydrogen-bond donors (Lipinski definition) is 1. The van der Waals surface area contributed by atoms with E-state index in [1.807, 2.05) is 0 Å². The van der Waals surface area contributed by atoms with Gasteiger partial charge in [-0.15, -0.1) is 0 Å². The lowest BCUT2D eigenvalue weighted by Crippen LogP contribution is -2.39. The van der Waals surface area contributed by atoms with Crippen LogP contribution in [0.3, 0.4) is 0 Å². The number of carbonyl (C=O) groups is 1. The molecule has 5 nitrogen and oxygen atoms in total. The number of nitrogens with zero attached hydrogens (tertiary/aromatic N) is 1. The van der Waals surface area contributed by atoms with E-state index in [1.165, 1.54) is 24.3 Å². The third kappa shape index (κ3) is 5.67. The summed E-state index contributed by atoms with van der Waals surface area (Å²) in [5.41, 5.74) is 0.547. The summed E-state index contributed by atoms with van der Waals surface area (Å²) >= 11 is 0. The van der Waals surface area contributed by atoms with Gasteiger partial charge in [0, 0.05) is 33.0 Å². The predicted molar refractivity (Wildman–Crippen MR) is 70.7 cm³/mol. The molecule has 0 saturated heterocycles. The van der Waals surface area contributed by atoms with Crippen LogP contribution in [0.25, 0.3) is 0 Å². The summed E-state index contributed by atoms with van der Waals surface area (Å²) in [5.74, 6) is -0.339. The fourth-order valence-electron chi connectivity index (χ4n) is 1.45. The third-order valence-corrected chi connectivity index (χ3v) is 2.51. The average Bonchev–Trinajstić information content (AvgIpc) is 2.41. The molecule has 0 fully saturated rings. The van der Waals surface area contributed by atoms with Crippen LogP contribution in [-0.4, -0.2) is 51.5 Å². The molecule has 0 spiro atoms. The summed E-state index contributed by atoms with van der Waals surface area (Å²) < 4.78 is 22.7. The third-order valence-electron chi connectivity index (χ3n) is 2.51. The molecule has 0 aliphatic heterocycles. The Morgan fingerprint density at radius 2 is 1.68 bits per heavy atom. The lowest BCUT2D eigenvalue weighted by Gasteiger charge is -2.22. The number of methoxy groups -OCH3 is 2. The molecule has 1 aromatic rings. The van der Waals surface area contributed by atoms with E-state index in [2.05, 4.69) is 5.32 Å². The van der Waals surface area contributed by atoms with Crippen molar-refractivity contribution in [2.75, 3.05) is 45.8 Å². The van der Waals surface area contributed by atoms with E-state index < -0.39 is 0 Å². The Morgan fingerprint density at radius 3 is 2.16 bits per heavy atom. The molecular formula is C13H19FN2O3. The number of urea groups is 1. The number of benzene rings is 1. The van der Waals surface area contributed by atoms with Crippen molar-refractivity contribution in [3.8, 4) is 0 Å². The molecule has 0 aliphatic rings. The SMILES string of the molecule is COCCN(CCOC)C(=O)Nc1ccc(F)cc1. The van der Waals surface area contributed by atoms with Gasteiger partial charge in [-0.2, -0.15) is 0 Å². The highest BCUT2D eigenvalue weighted by Crippen LogP contribution is 2.09. The smallest absolute Gasteiger partial charge is 0.321 e. The Hall–Kier alpha value is -1.66. The van der Waals surface area contributed by atoms with Crippen LogP contribution in [0.5, 0.6) is 0 Å². The van der Waals surface area contributed by atoms with E-state index in [1.54, 1.807) is 19.1 Å². The monoisotopic (exact) mass is 270 g/mol. The second-order valence-electron chi connectivity index (χ2n) is 3.91. The summed E-state index contributed by atoms with van der Waals surface area (Å²) in [6.07, 6.45) is 0. The molecule has 1 N–H and O–H groups in total. The quantitative estimate of drug-likeness (QED) is 0.824. The molecule has 19 heavy (non-hydrogen) atoms. The lowest BCUT2D eigenvalue weighted by molar-refractivity contribution is 0.127. The second-order valence-corrected chi connectivity index (χ2v) is 3.91. The van der Waals surface area contributed by atoms with E-state index in [4.69, 9.17) is 9.47 Å². The molecule has 1 rings (SSSR count). The first-order valence-electron chi connectivity index (χ1n) is 5.96. The van der Waals surface area contributed by atoms with Gasteiger partial charge in [0.25, 0.3) is 0 Å². The van der Waals surface area contributed by atoms with Gasteiger partial charge >= 0.3 is 6.03 Å². The van der Waals surface area contributed by atoms with Crippen LogP contribution < -0.4 is 5.32 Å². The van der Waals surface area contributed by atoms with Gasteiger partial charge in [0.15, 0.2) is 0 Å². The number of ether oxygens (including phenoxy) is 2. The van der Waals surface area contributed by atoms with Crippen molar-refractivity contribution >= 4 is 11.7 Å². The van der Waals surface area contributed by atoms with Crippen molar-refractivity contribution in [3.63, 3.8) is 0 Å². The maximum atomic E-state index is 12.8. The molecule has 6 heteroatoms. The highest BCUT2D eigenvalue weighted by Gasteiger charge is 2.12. The van der Waals surface area contributed by atoms with Crippen LogP contribution in [0, 0.1) is 5.82 Å². The first kappa shape index (κ1) is 15.4. The number of nitrogens with one attached hydrogen (secondary N) is 1. The van der Waals surface area contributed by atoms with Gasteiger partial charge in [0.2, 0.25) is 0 Å². The predicted octanol–water partition coefficient (Wildman–Crippen LogP) is 1.95. The molecule has 106 valence electrons. The average molecular weight is 270 g/mol. The maximum absolute atomic E-state index is 12.8. The van der Waals surface area contributed by atoms with E-state index in [0.717, 1.165) is 0 Å². The Labute approximate surface area is 112 Å². The van der Waals surface area contributed by atoms with Crippen molar-refractivity contribution in [3.05, 3.63) is 30.1 Å².